The number of benzene rings is 1. The van der Waals surface area contributed by atoms with Gasteiger partial charge in [0, 0.05) is 35.9 Å². The second-order valence-electron chi connectivity index (χ2n) is 7.27. The fourth-order valence-corrected chi connectivity index (χ4v) is 4.08. The Kier molecular flexibility index (Phi) is 6.31. The number of aliphatic hydroxyl groups excluding tert-OH is 1. The van der Waals surface area contributed by atoms with Crippen LogP contribution in [0, 0.1) is 13.8 Å². The molecule has 7 nitrogen and oxygen atoms in total. The van der Waals surface area contributed by atoms with Crippen LogP contribution in [0.5, 0.6) is 0 Å². The highest BCUT2D eigenvalue weighted by molar-refractivity contribution is 7.18. The van der Waals surface area contributed by atoms with Gasteiger partial charge in [0.1, 0.15) is 11.2 Å². The number of aromatic nitrogens is 4. The molecule has 4 rings (SSSR count). The van der Waals surface area contributed by atoms with Gasteiger partial charge >= 0.3 is 0 Å². The summed E-state index contributed by atoms with van der Waals surface area (Å²) in [4.78, 5) is 19.2. The van der Waals surface area contributed by atoms with Crippen molar-refractivity contribution in [2.24, 2.45) is 0 Å². The average Bonchev–Trinajstić information content (AvgIpc) is 3.15. The van der Waals surface area contributed by atoms with Crippen molar-refractivity contribution in [3.8, 4) is 21.1 Å². The fourth-order valence-electron chi connectivity index (χ4n) is 3.05. The lowest BCUT2D eigenvalue weighted by atomic mass is 10.2. The molecular weight excluding hydrogens is 408 g/mol. The molecule has 8 heteroatoms. The lowest BCUT2D eigenvalue weighted by Gasteiger charge is -2.10. The van der Waals surface area contributed by atoms with Gasteiger partial charge in [0.05, 0.1) is 16.3 Å². The molecule has 0 saturated carbocycles. The molecule has 3 aromatic heterocycles. The monoisotopic (exact) mass is 432 g/mol. The third kappa shape index (κ3) is 5.29. The van der Waals surface area contributed by atoms with Gasteiger partial charge in [-0.2, -0.15) is 0 Å². The number of nitrogens with one attached hydrogen (secondary N) is 2. The summed E-state index contributed by atoms with van der Waals surface area (Å²) in [5, 5.41) is 16.6. The first-order valence-electron chi connectivity index (χ1n) is 9.99. The Morgan fingerprint density at radius 1 is 1.06 bits per heavy atom. The van der Waals surface area contributed by atoms with Gasteiger partial charge in [0.2, 0.25) is 5.95 Å². The van der Waals surface area contributed by atoms with E-state index in [1.165, 1.54) is 0 Å². The third-order valence-corrected chi connectivity index (χ3v) is 5.86. The van der Waals surface area contributed by atoms with Gasteiger partial charge in [-0.25, -0.2) is 15.0 Å². The first-order valence-corrected chi connectivity index (χ1v) is 10.8. The van der Waals surface area contributed by atoms with Crippen molar-refractivity contribution in [3.63, 3.8) is 0 Å². The van der Waals surface area contributed by atoms with Crippen molar-refractivity contribution < 1.29 is 5.11 Å². The summed E-state index contributed by atoms with van der Waals surface area (Å²) in [6.45, 7) is 6.23. The number of hydrogen-bond acceptors (Lipinski definition) is 8. The van der Waals surface area contributed by atoms with Crippen LogP contribution >= 0.6 is 11.3 Å². The maximum absolute atomic E-state index is 9.41. The number of rotatable bonds is 7. The highest BCUT2D eigenvalue weighted by Gasteiger charge is 2.13. The molecule has 0 saturated heterocycles. The quantitative estimate of drug-likeness (QED) is 0.371. The van der Waals surface area contributed by atoms with Crippen molar-refractivity contribution in [1.29, 1.82) is 0 Å². The van der Waals surface area contributed by atoms with Crippen LogP contribution in [0.4, 0.5) is 11.6 Å². The summed E-state index contributed by atoms with van der Waals surface area (Å²) in [5.41, 5.74) is 5.67. The molecule has 4 aromatic rings. The number of aliphatic hydroxyl groups is 1. The first kappa shape index (κ1) is 21.0. The van der Waals surface area contributed by atoms with E-state index in [4.69, 9.17) is 9.97 Å². The van der Waals surface area contributed by atoms with Gasteiger partial charge in [-0.1, -0.05) is 12.1 Å². The zero-order valence-corrected chi connectivity index (χ0v) is 18.4. The number of pyridine rings is 1. The fraction of sp³-hybridized carbons (Fsp3) is 0.217. The molecule has 0 aliphatic carbocycles. The van der Waals surface area contributed by atoms with Crippen LogP contribution < -0.4 is 10.6 Å². The van der Waals surface area contributed by atoms with Crippen LogP contribution in [0.25, 0.3) is 21.1 Å². The molecule has 158 valence electrons. The van der Waals surface area contributed by atoms with Gasteiger partial charge in [0.25, 0.3) is 0 Å². The lowest BCUT2D eigenvalue weighted by molar-refractivity contribution is 0.155. The molecule has 0 aliphatic rings. The Morgan fingerprint density at radius 2 is 1.94 bits per heavy atom. The first-order chi connectivity index (χ1) is 15.0. The lowest BCUT2D eigenvalue weighted by Crippen LogP contribution is -2.24. The summed E-state index contributed by atoms with van der Waals surface area (Å²) in [7, 11) is 0. The van der Waals surface area contributed by atoms with Crippen molar-refractivity contribution in [2.45, 2.75) is 33.5 Å². The van der Waals surface area contributed by atoms with E-state index in [0.717, 1.165) is 43.8 Å². The molecule has 0 spiro atoms. The highest BCUT2D eigenvalue weighted by Crippen LogP contribution is 2.34. The number of hydrogen-bond donors (Lipinski definition) is 3. The summed E-state index contributed by atoms with van der Waals surface area (Å²) in [6, 6.07) is 13.8. The maximum atomic E-state index is 9.41. The normalized spacial score (nSPS) is 12.0. The minimum atomic E-state index is -0.556. The highest BCUT2D eigenvalue weighted by atomic mass is 32.1. The zero-order valence-electron chi connectivity index (χ0n) is 17.6. The standard InChI is InChI=1S/C23H24N6OS/c1-14-7-8-18(13-25-14)22-27-15(2)21(31-22)20-9-10-24-23(29-20)28-19-6-4-5-17(11-19)12-26-16(3)30/h4-11,13,16,26,30H,12H2,1-3H3,(H,24,28,29). The van der Waals surface area contributed by atoms with Gasteiger partial charge in [-0.05, 0) is 56.7 Å². The topological polar surface area (TPSA) is 95.9 Å². The minimum absolute atomic E-state index is 0.518. The second-order valence-corrected chi connectivity index (χ2v) is 8.27. The summed E-state index contributed by atoms with van der Waals surface area (Å²) in [5.74, 6) is 0.518. The summed E-state index contributed by atoms with van der Waals surface area (Å²) in [6.07, 6.45) is 3.04. The smallest absolute Gasteiger partial charge is 0.227 e. The number of thiazole rings is 1. The van der Waals surface area contributed by atoms with Gasteiger partial charge in [-0.3, -0.25) is 10.3 Å². The molecule has 0 radical (unpaired) electrons. The molecule has 0 amide bonds. The largest absolute Gasteiger partial charge is 0.379 e. The Hall–Kier alpha value is -3.20. The van der Waals surface area contributed by atoms with Gasteiger partial charge in [0.15, 0.2) is 0 Å². The van der Waals surface area contributed by atoms with Crippen LogP contribution in [0.15, 0.2) is 54.9 Å². The van der Waals surface area contributed by atoms with Crippen molar-refractivity contribution in [1.82, 2.24) is 25.3 Å². The van der Waals surface area contributed by atoms with Crippen LogP contribution in [0.3, 0.4) is 0 Å². The Balaban J connectivity index is 1.55. The van der Waals surface area contributed by atoms with Crippen molar-refractivity contribution in [3.05, 3.63) is 71.8 Å². The Morgan fingerprint density at radius 3 is 2.71 bits per heavy atom. The second kappa shape index (κ2) is 9.30. The number of nitrogens with zero attached hydrogens (tertiary/aromatic N) is 4. The Labute approximate surface area is 185 Å². The molecule has 1 aromatic carbocycles. The van der Waals surface area contributed by atoms with Crippen LogP contribution in [0.1, 0.15) is 23.9 Å². The molecular formula is C23H24N6OS. The van der Waals surface area contributed by atoms with Gasteiger partial charge < -0.3 is 10.4 Å². The predicted octanol–water partition coefficient (Wildman–Crippen LogP) is 4.45. The van der Waals surface area contributed by atoms with E-state index in [1.807, 2.05) is 62.5 Å². The molecule has 0 aliphatic heterocycles. The van der Waals surface area contributed by atoms with Crippen LogP contribution in [0.2, 0.25) is 0 Å². The van der Waals surface area contributed by atoms with E-state index in [0.29, 0.717) is 12.5 Å². The minimum Gasteiger partial charge on any atom is -0.379 e. The van der Waals surface area contributed by atoms with Crippen molar-refractivity contribution >= 4 is 23.0 Å². The number of anilines is 2. The van der Waals surface area contributed by atoms with E-state index < -0.39 is 6.23 Å². The predicted molar refractivity (Wildman–Crippen MR) is 124 cm³/mol. The molecule has 0 bridgehead atoms. The van der Waals surface area contributed by atoms with E-state index in [1.54, 1.807) is 24.5 Å². The number of aryl methyl sites for hydroxylation is 2. The van der Waals surface area contributed by atoms with E-state index >= 15 is 0 Å². The molecule has 3 N–H and O–H groups in total. The molecule has 0 fully saturated rings. The Bertz CT molecular complexity index is 1170. The average molecular weight is 433 g/mol. The molecule has 31 heavy (non-hydrogen) atoms. The zero-order chi connectivity index (χ0) is 21.8. The SMILES string of the molecule is Cc1ccc(-c2nc(C)c(-c3ccnc(Nc4cccc(CNC(C)O)c4)n3)s2)cn1. The maximum Gasteiger partial charge on any atom is 0.227 e. The van der Waals surface area contributed by atoms with Crippen LogP contribution in [-0.2, 0) is 6.54 Å². The van der Waals surface area contributed by atoms with E-state index in [-0.39, 0.29) is 0 Å². The van der Waals surface area contributed by atoms with Gasteiger partial charge in [-0.15, -0.1) is 11.3 Å². The summed E-state index contributed by atoms with van der Waals surface area (Å²) < 4.78 is 0. The molecule has 1 atom stereocenters. The van der Waals surface area contributed by atoms with Crippen molar-refractivity contribution in [2.75, 3.05) is 5.32 Å². The van der Waals surface area contributed by atoms with E-state index in [2.05, 4.69) is 20.6 Å². The third-order valence-electron chi connectivity index (χ3n) is 4.63. The van der Waals surface area contributed by atoms with E-state index in [9.17, 15) is 5.11 Å². The molecule has 3 heterocycles. The summed E-state index contributed by atoms with van der Waals surface area (Å²) >= 11 is 1.60. The van der Waals surface area contributed by atoms with Crippen LogP contribution in [-0.4, -0.2) is 31.3 Å². The molecule has 1 unspecified atom stereocenters.